The molecule has 9 nitrogen and oxygen atoms in total. The third-order valence-corrected chi connectivity index (χ3v) is 9.19. The van der Waals surface area contributed by atoms with Crippen LogP contribution in [0.5, 0.6) is 0 Å². The number of carbonyl (C=O) groups is 5. The molecule has 4 amide bonds. The minimum Gasteiger partial charge on any atom is -0.454 e. The number of nitrogens with one attached hydrogen (secondary N) is 2. The first-order valence-electron chi connectivity index (χ1n) is 14.4. The van der Waals surface area contributed by atoms with Crippen molar-refractivity contribution >= 4 is 45.5 Å². The Morgan fingerprint density at radius 1 is 0.814 bits per heavy atom. The van der Waals surface area contributed by atoms with Crippen LogP contribution in [0.4, 0.5) is 0 Å². The maximum atomic E-state index is 14.1. The fraction of sp³-hybridized carbons (Fsp3) is 0.303. The van der Waals surface area contributed by atoms with E-state index in [0.29, 0.717) is 12.0 Å². The predicted octanol–water partition coefficient (Wildman–Crippen LogP) is 4.20. The lowest BCUT2D eigenvalue weighted by atomic mass is 9.55. The van der Waals surface area contributed by atoms with E-state index in [1.165, 1.54) is 0 Å². The number of hydrogen-bond acceptors (Lipinski definition) is 6. The first kappa shape index (κ1) is 28.8. The molecular weight excluding hydrogens is 614 g/mol. The molecule has 0 saturated carbocycles. The summed E-state index contributed by atoms with van der Waals surface area (Å²) in [7, 11) is 0. The van der Waals surface area contributed by atoms with Gasteiger partial charge in [0.15, 0.2) is 6.61 Å². The molecule has 3 aromatic carbocycles. The summed E-state index contributed by atoms with van der Waals surface area (Å²) >= 11 is 3.29. The van der Waals surface area contributed by atoms with Gasteiger partial charge in [0.2, 0.25) is 11.8 Å². The second kappa shape index (κ2) is 11.8. The number of esters is 1. The van der Waals surface area contributed by atoms with Gasteiger partial charge < -0.3 is 4.74 Å². The fourth-order valence-corrected chi connectivity index (χ4v) is 7.09. The van der Waals surface area contributed by atoms with E-state index in [1.807, 2.05) is 55.5 Å². The predicted molar refractivity (Wildman–Crippen MR) is 159 cm³/mol. The van der Waals surface area contributed by atoms with Crippen molar-refractivity contribution in [2.45, 2.75) is 44.1 Å². The lowest BCUT2D eigenvalue weighted by Gasteiger charge is -2.45. The number of rotatable bonds is 8. The third-order valence-electron chi connectivity index (χ3n) is 8.66. The molecule has 0 radical (unpaired) electrons. The number of likely N-dealkylation sites (tertiary alicyclic amines) is 1. The maximum Gasteiger partial charge on any atom is 0.329 e. The van der Waals surface area contributed by atoms with E-state index >= 15 is 0 Å². The van der Waals surface area contributed by atoms with Crippen molar-refractivity contribution in [3.05, 3.63) is 105 Å². The molecule has 4 aliphatic rings. The van der Waals surface area contributed by atoms with E-state index in [0.717, 1.165) is 38.0 Å². The maximum absolute atomic E-state index is 14.1. The number of nitrogens with zero attached hydrogens (tertiary/aromatic N) is 1. The second-order valence-corrected chi connectivity index (χ2v) is 12.0. The molecule has 1 saturated heterocycles. The van der Waals surface area contributed by atoms with Gasteiger partial charge in [-0.25, -0.2) is 4.79 Å². The number of ether oxygens (including phenoxy) is 1. The molecule has 0 aromatic heterocycles. The zero-order valence-electron chi connectivity index (χ0n) is 23.4. The molecule has 0 spiro atoms. The van der Waals surface area contributed by atoms with E-state index in [-0.39, 0.29) is 30.1 Å². The van der Waals surface area contributed by atoms with Gasteiger partial charge in [-0.1, -0.05) is 84.2 Å². The van der Waals surface area contributed by atoms with Crippen molar-refractivity contribution in [2.75, 3.05) is 6.61 Å². The van der Waals surface area contributed by atoms with E-state index < -0.39 is 42.3 Å². The molecule has 10 heteroatoms. The lowest BCUT2D eigenvalue weighted by molar-refractivity contribution is -0.161. The van der Waals surface area contributed by atoms with Crippen LogP contribution in [0, 0.1) is 11.8 Å². The molecule has 3 atom stereocenters. The molecule has 3 aliphatic carbocycles. The van der Waals surface area contributed by atoms with Crippen LogP contribution in [0.1, 0.15) is 70.6 Å². The quantitative estimate of drug-likeness (QED) is 0.216. The summed E-state index contributed by atoms with van der Waals surface area (Å²) in [5, 5.41) is 0. The molecular formula is C33H30BrN3O6. The molecule has 1 aliphatic heterocycles. The zero-order chi connectivity index (χ0) is 30.2. The van der Waals surface area contributed by atoms with Gasteiger partial charge in [-0.2, -0.15) is 0 Å². The van der Waals surface area contributed by atoms with Crippen LogP contribution in [0.3, 0.4) is 0 Å². The van der Waals surface area contributed by atoms with Crippen LogP contribution in [-0.2, 0) is 23.9 Å². The van der Waals surface area contributed by atoms with Crippen molar-refractivity contribution < 1.29 is 28.7 Å². The Balaban J connectivity index is 1.19. The highest BCUT2D eigenvalue weighted by molar-refractivity contribution is 9.10. The summed E-state index contributed by atoms with van der Waals surface area (Å²) in [6, 6.07) is 21.3. The number of benzene rings is 3. The average molecular weight is 645 g/mol. The highest BCUT2D eigenvalue weighted by Crippen LogP contribution is 2.61. The summed E-state index contributed by atoms with van der Waals surface area (Å²) in [4.78, 5) is 67.4. The Kier molecular flexibility index (Phi) is 7.87. The van der Waals surface area contributed by atoms with Gasteiger partial charge in [0, 0.05) is 21.9 Å². The van der Waals surface area contributed by atoms with Crippen LogP contribution < -0.4 is 10.9 Å². The molecule has 2 N–H and O–H groups in total. The smallest absolute Gasteiger partial charge is 0.329 e. The summed E-state index contributed by atoms with van der Waals surface area (Å²) < 4.78 is 6.12. The van der Waals surface area contributed by atoms with Crippen molar-refractivity contribution in [2.24, 2.45) is 11.8 Å². The second-order valence-electron chi connectivity index (χ2n) is 11.1. The van der Waals surface area contributed by atoms with Crippen LogP contribution in [0.15, 0.2) is 77.3 Å². The SMILES string of the molecule is CCCC[C@H](C(=O)OCC(=O)NNC(=O)c1ccc(Br)cc1)N1C(=O)[C@H]2C3c4ccccc4C(c4ccccc43)[C@@H]2C1=O. The van der Waals surface area contributed by atoms with Crippen molar-refractivity contribution in [1.82, 2.24) is 15.8 Å². The zero-order valence-corrected chi connectivity index (χ0v) is 25.0. The van der Waals surface area contributed by atoms with Crippen molar-refractivity contribution in [1.29, 1.82) is 0 Å². The Labute approximate surface area is 257 Å². The van der Waals surface area contributed by atoms with Crippen LogP contribution in [0.2, 0.25) is 0 Å². The van der Waals surface area contributed by atoms with Crippen molar-refractivity contribution in [3.8, 4) is 0 Å². The van der Waals surface area contributed by atoms with Crippen LogP contribution >= 0.6 is 15.9 Å². The van der Waals surface area contributed by atoms with Gasteiger partial charge in [-0.05, 0) is 52.9 Å². The molecule has 0 unspecified atom stereocenters. The van der Waals surface area contributed by atoms with Crippen LogP contribution in [-0.4, -0.2) is 47.1 Å². The van der Waals surface area contributed by atoms with Gasteiger partial charge in [0.05, 0.1) is 11.8 Å². The van der Waals surface area contributed by atoms with Gasteiger partial charge in [0.1, 0.15) is 6.04 Å². The standard InChI is InChI=1S/C33H30BrN3O6/c1-2-3-12-24(33(42)43-17-25(38)35-36-30(39)18-13-15-19(34)16-14-18)37-31(40)28-26-20-8-4-5-9-21(20)27(29(28)32(37)41)23-11-7-6-10-22(23)26/h4-11,13-16,24,26-29H,2-3,12,17H2,1H3,(H,35,38)(H,36,39)/t24-,26?,27?,28+,29+/m1/s1. The Bertz CT molecular complexity index is 1510. The number of carbonyl (C=O) groups excluding carboxylic acids is 5. The summed E-state index contributed by atoms with van der Waals surface area (Å²) in [5.74, 6) is -4.68. The molecule has 7 rings (SSSR count). The largest absolute Gasteiger partial charge is 0.454 e. The van der Waals surface area contributed by atoms with Gasteiger partial charge in [0.25, 0.3) is 11.8 Å². The Morgan fingerprint density at radius 3 is 1.81 bits per heavy atom. The monoisotopic (exact) mass is 643 g/mol. The topological polar surface area (TPSA) is 122 Å². The number of hydrogen-bond donors (Lipinski definition) is 2. The highest BCUT2D eigenvalue weighted by Gasteiger charge is 2.63. The molecule has 1 heterocycles. The lowest BCUT2D eigenvalue weighted by Crippen LogP contribution is -2.48. The molecule has 3 aromatic rings. The van der Waals surface area contributed by atoms with E-state index in [1.54, 1.807) is 24.3 Å². The number of unbranched alkanes of at least 4 members (excludes halogenated alkanes) is 1. The third kappa shape index (κ3) is 5.03. The van der Waals surface area contributed by atoms with E-state index in [9.17, 15) is 24.0 Å². The molecule has 43 heavy (non-hydrogen) atoms. The van der Waals surface area contributed by atoms with Gasteiger partial charge in [-0.15, -0.1) is 0 Å². The average Bonchev–Trinajstić information content (AvgIpc) is 3.29. The summed E-state index contributed by atoms with van der Waals surface area (Å²) in [6.07, 6.45) is 1.54. The highest BCUT2D eigenvalue weighted by atomic mass is 79.9. The van der Waals surface area contributed by atoms with E-state index in [2.05, 4.69) is 26.8 Å². The minimum atomic E-state index is -1.15. The molecule has 1 fully saturated rings. The Morgan fingerprint density at radius 2 is 1.33 bits per heavy atom. The summed E-state index contributed by atoms with van der Waals surface area (Å²) in [6.45, 7) is 1.26. The van der Waals surface area contributed by atoms with Crippen molar-refractivity contribution in [3.63, 3.8) is 0 Å². The number of halogens is 1. The number of amides is 4. The number of imide groups is 1. The summed E-state index contributed by atoms with van der Waals surface area (Å²) in [5.41, 5.74) is 9.01. The Hall–Kier alpha value is -4.31. The normalized spacial score (nSPS) is 21.9. The fourth-order valence-electron chi connectivity index (χ4n) is 6.83. The van der Waals surface area contributed by atoms with Gasteiger partial charge >= 0.3 is 5.97 Å². The molecule has 220 valence electrons. The minimum absolute atomic E-state index is 0.226. The first-order chi connectivity index (χ1) is 20.8. The molecule has 2 bridgehead atoms. The van der Waals surface area contributed by atoms with E-state index in [4.69, 9.17) is 4.74 Å². The first-order valence-corrected chi connectivity index (χ1v) is 15.2. The van der Waals surface area contributed by atoms with Crippen LogP contribution in [0.25, 0.3) is 0 Å². The van der Waals surface area contributed by atoms with Gasteiger partial charge in [-0.3, -0.25) is 34.9 Å². The number of hydrazine groups is 1.